The van der Waals surface area contributed by atoms with Crippen molar-refractivity contribution >= 4 is 27.5 Å². The molecule has 2 atom stereocenters. The van der Waals surface area contributed by atoms with Gasteiger partial charge in [0.05, 0.1) is 0 Å². The summed E-state index contributed by atoms with van der Waals surface area (Å²) in [5, 5.41) is 0. The second kappa shape index (κ2) is 7.31. The number of rotatable bonds is 6. The number of hydrogen-bond acceptors (Lipinski definition) is 1. The fourth-order valence-corrected chi connectivity index (χ4v) is 2.41. The van der Waals surface area contributed by atoms with Gasteiger partial charge in [0.1, 0.15) is 0 Å². The topological polar surface area (TPSA) is 9.23 Å². The molecule has 0 bridgehead atoms. The van der Waals surface area contributed by atoms with Gasteiger partial charge in [-0.15, -0.1) is 11.6 Å². The summed E-state index contributed by atoms with van der Waals surface area (Å²) in [4.78, 5) is 0. The summed E-state index contributed by atoms with van der Waals surface area (Å²) in [6.45, 7) is 2.96. The van der Waals surface area contributed by atoms with Crippen LogP contribution in [0.3, 0.4) is 0 Å². The van der Waals surface area contributed by atoms with E-state index in [1.54, 1.807) is 7.11 Å². The van der Waals surface area contributed by atoms with E-state index in [9.17, 15) is 0 Å². The zero-order chi connectivity index (χ0) is 12.0. The lowest BCUT2D eigenvalue weighted by atomic mass is 9.90. The van der Waals surface area contributed by atoms with E-state index in [0.29, 0.717) is 17.7 Å². The quantitative estimate of drug-likeness (QED) is 0.718. The molecule has 1 aromatic carbocycles. The minimum atomic E-state index is 0.475. The van der Waals surface area contributed by atoms with E-state index in [1.165, 1.54) is 5.56 Å². The third-order valence-corrected chi connectivity index (χ3v) is 3.77. The molecule has 1 rings (SSSR count). The molecule has 0 spiro atoms. The molecular formula is C13H18BrClO. The maximum atomic E-state index is 6.01. The van der Waals surface area contributed by atoms with Gasteiger partial charge < -0.3 is 4.74 Å². The third-order valence-electron chi connectivity index (χ3n) is 2.84. The SMILES string of the molecule is COCC(C)C(CCl)Cc1ccc(Br)cc1. The van der Waals surface area contributed by atoms with Crippen LogP contribution in [0.25, 0.3) is 0 Å². The molecule has 0 aliphatic heterocycles. The van der Waals surface area contributed by atoms with Gasteiger partial charge in [-0.1, -0.05) is 35.0 Å². The Morgan fingerprint density at radius 1 is 1.31 bits per heavy atom. The number of alkyl halides is 1. The van der Waals surface area contributed by atoms with E-state index in [2.05, 4.69) is 47.1 Å². The second-order valence-corrected chi connectivity index (χ2v) is 5.40. The van der Waals surface area contributed by atoms with Crippen molar-refractivity contribution in [1.29, 1.82) is 0 Å². The van der Waals surface area contributed by atoms with Crippen LogP contribution in [0.1, 0.15) is 12.5 Å². The first-order valence-corrected chi connectivity index (χ1v) is 6.79. The number of hydrogen-bond donors (Lipinski definition) is 0. The molecule has 90 valence electrons. The van der Waals surface area contributed by atoms with Gasteiger partial charge in [-0.3, -0.25) is 0 Å². The smallest absolute Gasteiger partial charge is 0.0491 e. The van der Waals surface area contributed by atoms with Crippen molar-refractivity contribution in [3.8, 4) is 0 Å². The van der Waals surface area contributed by atoms with Crippen molar-refractivity contribution in [2.45, 2.75) is 13.3 Å². The van der Waals surface area contributed by atoms with E-state index in [0.717, 1.165) is 17.5 Å². The molecule has 2 unspecified atom stereocenters. The van der Waals surface area contributed by atoms with Gasteiger partial charge in [0.25, 0.3) is 0 Å². The highest BCUT2D eigenvalue weighted by Gasteiger charge is 2.16. The molecule has 0 fully saturated rings. The van der Waals surface area contributed by atoms with Crippen molar-refractivity contribution in [1.82, 2.24) is 0 Å². The standard InChI is InChI=1S/C13H18BrClO/c1-10(9-16-2)12(8-15)7-11-3-5-13(14)6-4-11/h3-6,10,12H,7-9H2,1-2H3. The summed E-state index contributed by atoms with van der Waals surface area (Å²) < 4.78 is 6.29. The Morgan fingerprint density at radius 2 is 1.94 bits per heavy atom. The highest BCUT2D eigenvalue weighted by Crippen LogP contribution is 2.20. The summed E-state index contributed by atoms with van der Waals surface area (Å²) in [7, 11) is 1.74. The second-order valence-electron chi connectivity index (χ2n) is 4.18. The molecule has 0 amide bonds. The third kappa shape index (κ3) is 4.44. The summed E-state index contributed by atoms with van der Waals surface area (Å²) in [5.41, 5.74) is 1.33. The highest BCUT2D eigenvalue weighted by molar-refractivity contribution is 9.10. The van der Waals surface area contributed by atoms with Crippen LogP contribution < -0.4 is 0 Å². The molecule has 1 nitrogen and oxygen atoms in total. The first-order chi connectivity index (χ1) is 7.67. The Hall–Kier alpha value is -0.0500. The zero-order valence-corrected chi connectivity index (χ0v) is 12.1. The minimum absolute atomic E-state index is 0.475. The van der Waals surface area contributed by atoms with E-state index in [1.807, 2.05) is 0 Å². The fraction of sp³-hybridized carbons (Fsp3) is 0.538. The van der Waals surface area contributed by atoms with Crippen molar-refractivity contribution in [3.63, 3.8) is 0 Å². The van der Waals surface area contributed by atoms with Crippen LogP contribution in [0, 0.1) is 11.8 Å². The number of benzene rings is 1. The predicted octanol–water partition coefficient (Wildman–Crippen LogP) is 4.13. The van der Waals surface area contributed by atoms with Gasteiger partial charge in [-0.2, -0.15) is 0 Å². The van der Waals surface area contributed by atoms with Gasteiger partial charge in [0.2, 0.25) is 0 Å². The van der Waals surface area contributed by atoms with Crippen molar-refractivity contribution < 1.29 is 4.74 Å². The van der Waals surface area contributed by atoms with E-state index in [4.69, 9.17) is 16.3 Å². The molecule has 0 aromatic heterocycles. The van der Waals surface area contributed by atoms with Crippen LogP contribution in [-0.2, 0) is 11.2 Å². The lowest BCUT2D eigenvalue weighted by molar-refractivity contribution is 0.135. The Bertz CT molecular complexity index is 299. The van der Waals surface area contributed by atoms with Gasteiger partial charge in [0, 0.05) is 24.1 Å². The zero-order valence-electron chi connectivity index (χ0n) is 9.75. The van der Waals surface area contributed by atoms with Crippen LogP contribution in [0.2, 0.25) is 0 Å². The predicted molar refractivity (Wildman–Crippen MR) is 73.1 cm³/mol. The van der Waals surface area contributed by atoms with Gasteiger partial charge in [-0.05, 0) is 36.0 Å². The molecule has 0 saturated carbocycles. The van der Waals surface area contributed by atoms with E-state index in [-0.39, 0.29) is 0 Å². The lowest BCUT2D eigenvalue weighted by Gasteiger charge is -2.21. The summed E-state index contributed by atoms with van der Waals surface area (Å²) >= 11 is 9.45. The summed E-state index contributed by atoms with van der Waals surface area (Å²) in [5.74, 6) is 1.65. The number of halogens is 2. The maximum Gasteiger partial charge on any atom is 0.0491 e. The highest BCUT2D eigenvalue weighted by atomic mass is 79.9. The maximum absolute atomic E-state index is 6.01. The first kappa shape index (κ1) is 14.0. The molecule has 0 radical (unpaired) electrons. The van der Waals surface area contributed by atoms with Crippen molar-refractivity contribution in [2.24, 2.45) is 11.8 Å². The average Bonchev–Trinajstić information content (AvgIpc) is 2.28. The van der Waals surface area contributed by atoms with Crippen LogP contribution >= 0.6 is 27.5 Å². The van der Waals surface area contributed by atoms with Crippen LogP contribution in [0.15, 0.2) is 28.7 Å². The number of ether oxygens (including phenoxy) is 1. The average molecular weight is 306 g/mol. The van der Waals surface area contributed by atoms with Crippen LogP contribution in [0.5, 0.6) is 0 Å². The molecule has 0 N–H and O–H groups in total. The Balaban J connectivity index is 2.59. The molecule has 0 aliphatic carbocycles. The molecule has 0 aliphatic rings. The Morgan fingerprint density at radius 3 is 2.44 bits per heavy atom. The van der Waals surface area contributed by atoms with Gasteiger partial charge >= 0.3 is 0 Å². The summed E-state index contributed by atoms with van der Waals surface area (Å²) in [6, 6.07) is 8.43. The normalized spacial score (nSPS) is 14.8. The molecule has 16 heavy (non-hydrogen) atoms. The molecule has 0 heterocycles. The lowest BCUT2D eigenvalue weighted by Crippen LogP contribution is -2.20. The minimum Gasteiger partial charge on any atom is -0.384 e. The monoisotopic (exact) mass is 304 g/mol. The molecule has 0 saturated heterocycles. The van der Waals surface area contributed by atoms with Gasteiger partial charge in [0.15, 0.2) is 0 Å². The summed E-state index contributed by atoms with van der Waals surface area (Å²) in [6.07, 6.45) is 1.02. The Labute approximate surface area is 111 Å². The largest absolute Gasteiger partial charge is 0.384 e. The van der Waals surface area contributed by atoms with Crippen LogP contribution in [-0.4, -0.2) is 19.6 Å². The van der Waals surface area contributed by atoms with Gasteiger partial charge in [-0.25, -0.2) is 0 Å². The molecule has 3 heteroatoms. The first-order valence-electron chi connectivity index (χ1n) is 5.46. The van der Waals surface area contributed by atoms with Crippen molar-refractivity contribution in [2.75, 3.05) is 19.6 Å². The molecular weight excluding hydrogens is 287 g/mol. The number of methoxy groups -OCH3 is 1. The van der Waals surface area contributed by atoms with E-state index < -0.39 is 0 Å². The van der Waals surface area contributed by atoms with Crippen LogP contribution in [0.4, 0.5) is 0 Å². The molecule has 1 aromatic rings. The fourth-order valence-electron chi connectivity index (χ4n) is 1.73. The van der Waals surface area contributed by atoms with Crippen molar-refractivity contribution in [3.05, 3.63) is 34.3 Å². The Kier molecular flexibility index (Phi) is 6.40. The van der Waals surface area contributed by atoms with E-state index >= 15 is 0 Å².